The fourth-order valence-electron chi connectivity index (χ4n) is 4.78. The smallest absolute Gasteiger partial charge is 0.119 e. The van der Waals surface area contributed by atoms with Crippen molar-refractivity contribution in [1.82, 2.24) is 0 Å². The number of fused-ring (bicyclic) bond motifs is 3. The van der Waals surface area contributed by atoms with Crippen molar-refractivity contribution in [3.63, 3.8) is 0 Å². The van der Waals surface area contributed by atoms with E-state index in [4.69, 9.17) is 0 Å². The van der Waals surface area contributed by atoms with Gasteiger partial charge in [0.1, 0.15) is 5.75 Å². The minimum absolute atomic E-state index is 0.165. The van der Waals surface area contributed by atoms with Crippen LogP contribution in [0.3, 0.4) is 0 Å². The van der Waals surface area contributed by atoms with E-state index in [1.165, 1.54) is 30.4 Å². The zero-order valence-corrected chi connectivity index (χ0v) is 14.0. The Balaban J connectivity index is 2.16. The van der Waals surface area contributed by atoms with Gasteiger partial charge in [-0.15, -0.1) is 0 Å². The van der Waals surface area contributed by atoms with Crippen molar-refractivity contribution in [3.8, 4) is 5.75 Å². The van der Waals surface area contributed by atoms with Crippen LogP contribution in [0.2, 0.25) is 0 Å². The predicted molar refractivity (Wildman–Crippen MR) is 89.7 cm³/mol. The fourth-order valence-corrected chi connectivity index (χ4v) is 4.78. The number of phenols is 1. The lowest BCUT2D eigenvalue weighted by Gasteiger charge is -2.52. The summed E-state index contributed by atoms with van der Waals surface area (Å²) in [5, 5.41) is 10.4. The van der Waals surface area contributed by atoms with Crippen molar-refractivity contribution in [2.24, 2.45) is 11.3 Å². The van der Waals surface area contributed by atoms with Crippen LogP contribution in [-0.2, 0) is 5.41 Å². The molecule has 1 nitrogen and oxygen atoms in total. The van der Waals surface area contributed by atoms with Crippen LogP contribution < -0.4 is 0 Å². The molecule has 0 amide bonds. The summed E-state index contributed by atoms with van der Waals surface area (Å²) < 4.78 is 0. The van der Waals surface area contributed by atoms with E-state index in [2.05, 4.69) is 58.9 Å². The molecule has 0 saturated heterocycles. The summed E-state index contributed by atoms with van der Waals surface area (Å²) in [6, 6.07) is 4.26. The minimum Gasteiger partial charge on any atom is -0.508 e. The second-order valence-corrected chi connectivity index (χ2v) is 8.25. The molecular formula is C20H28O. The Hall–Kier alpha value is -1.24. The second kappa shape index (κ2) is 4.63. The maximum absolute atomic E-state index is 10.4. The van der Waals surface area contributed by atoms with Gasteiger partial charge in [0.2, 0.25) is 0 Å². The van der Waals surface area contributed by atoms with E-state index >= 15 is 0 Å². The van der Waals surface area contributed by atoms with Crippen LogP contribution >= 0.6 is 0 Å². The van der Waals surface area contributed by atoms with Crippen molar-refractivity contribution in [2.75, 3.05) is 0 Å². The van der Waals surface area contributed by atoms with Crippen LogP contribution in [0, 0.1) is 11.3 Å². The Labute approximate surface area is 129 Å². The Morgan fingerprint density at radius 2 is 1.86 bits per heavy atom. The van der Waals surface area contributed by atoms with Crippen LogP contribution in [0.15, 0.2) is 18.2 Å². The number of allylic oxidation sites excluding steroid dienone is 1. The van der Waals surface area contributed by atoms with E-state index in [1.54, 1.807) is 0 Å². The van der Waals surface area contributed by atoms with Crippen LogP contribution in [0.25, 0.3) is 6.08 Å². The molecule has 1 heteroatoms. The van der Waals surface area contributed by atoms with E-state index in [-0.39, 0.29) is 5.41 Å². The van der Waals surface area contributed by atoms with Gasteiger partial charge in [-0.25, -0.2) is 0 Å². The highest BCUT2D eigenvalue weighted by atomic mass is 16.3. The molecule has 0 aromatic heterocycles. The molecule has 1 aromatic rings. The average molecular weight is 284 g/mol. The molecular weight excluding hydrogens is 256 g/mol. The quantitative estimate of drug-likeness (QED) is 0.709. The molecule has 0 bridgehead atoms. The molecule has 1 fully saturated rings. The third-order valence-electron chi connectivity index (χ3n) is 5.95. The van der Waals surface area contributed by atoms with Gasteiger partial charge in [-0.05, 0) is 64.3 Å². The molecule has 2 aliphatic rings. The van der Waals surface area contributed by atoms with Gasteiger partial charge < -0.3 is 5.11 Å². The predicted octanol–water partition coefficient (Wildman–Crippen LogP) is 5.63. The van der Waals surface area contributed by atoms with Crippen molar-refractivity contribution in [2.45, 2.75) is 65.2 Å². The van der Waals surface area contributed by atoms with E-state index < -0.39 is 0 Å². The summed E-state index contributed by atoms with van der Waals surface area (Å²) in [6.07, 6.45) is 8.52. The molecule has 21 heavy (non-hydrogen) atoms. The van der Waals surface area contributed by atoms with E-state index in [9.17, 15) is 5.11 Å². The SMILES string of the molecule is CC(C)c1cc2c(cc1O)[C@]1(C)CCCC(C)(C)[C@H]1C=C2. The van der Waals surface area contributed by atoms with Gasteiger partial charge in [0.05, 0.1) is 0 Å². The zero-order valence-electron chi connectivity index (χ0n) is 14.0. The highest BCUT2D eigenvalue weighted by molar-refractivity contribution is 5.64. The van der Waals surface area contributed by atoms with Crippen molar-refractivity contribution < 1.29 is 5.11 Å². The first-order valence-electron chi connectivity index (χ1n) is 8.31. The van der Waals surface area contributed by atoms with Gasteiger partial charge in [0.15, 0.2) is 0 Å². The topological polar surface area (TPSA) is 20.2 Å². The van der Waals surface area contributed by atoms with Gasteiger partial charge in [0, 0.05) is 0 Å². The summed E-state index contributed by atoms with van der Waals surface area (Å²) >= 11 is 0. The largest absolute Gasteiger partial charge is 0.508 e. The van der Waals surface area contributed by atoms with Gasteiger partial charge >= 0.3 is 0 Å². The summed E-state index contributed by atoms with van der Waals surface area (Å²) in [7, 11) is 0. The van der Waals surface area contributed by atoms with Crippen LogP contribution in [0.5, 0.6) is 5.75 Å². The first-order chi connectivity index (χ1) is 9.75. The summed E-state index contributed by atoms with van der Waals surface area (Å²) in [5.74, 6) is 1.40. The molecule has 0 radical (unpaired) electrons. The molecule has 2 aliphatic carbocycles. The van der Waals surface area contributed by atoms with E-state index in [1.807, 2.05) is 0 Å². The first kappa shape index (κ1) is 14.7. The first-order valence-corrected chi connectivity index (χ1v) is 8.31. The molecule has 114 valence electrons. The molecule has 0 spiro atoms. The van der Waals surface area contributed by atoms with Crippen LogP contribution in [0.1, 0.15) is 76.5 Å². The third-order valence-corrected chi connectivity index (χ3v) is 5.95. The fraction of sp³-hybridized carbons (Fsp3) is 0.600. The minimum atomic E-state index is 0.165. The molecule has 1 saturated carbocycles. The van der Waals surface area contributed by atoms with Crippen molar-refractivity contribution in [3.05, 3.63) is 34.9 Å². The number of rotatable bonds is 1. The Bertz CT molecular complexity index is 594. The van der Waals surface area contributed by atoms with Crippen LogP contribution in [-0.4, -0.2) is 5.11 Å². The number of hydrogen-bond acceptors (Lipinski definition) is 1. The lowest BCUT2D eigenvalue weighted by molar-refractivity contribution is 0.0908. The van der Waals surface area contributed by atoms with Gasteiger partial charge in [-0.1, -0.05) is 53.2 Å². The summed E-state index contributed by atoms with van der Waals surface area (Å²) in [4.78, 5) is 0. The molecule has 1 aromatic carbocycles. The average Bonchev–Trinajstić information content (AvgIpc) is 2.37. The number of phenolic OH excluding ortho intramolecular Hbond substituents is 1. The Kier molecular flexibility index (Phi) is 3.24. The molecule has 2 atom stereocenters. The molecule has 0 heterocycles. The Morgan fingerprint density at radius 1 is 1.14 bits per heavy atom. The normalized spacial score (nSPS) is 30.1. The monoisotopic (exact) mass is 284 g/mol. The second-order valence-electron chi connectivity index (χ2n) is 8.25. The molecule has 0 aliphatic heterocycles. The van der Waals surface area contributed by atoms with Crippen molar-refractivity contribution in [1.29, 1.82) is 0 Å². The zero-order chi connectivity index (χ0) is 15.4. The molecule has 0 unspecified atom stereocenters. The van der Waals surface area contributed by atoms with E-state index in [0.717, 1.165) is 5.56 Å². The number of benzene rings is 1. The standard InChI is InChI=1S/C20H28O/c1-13(2)15-11-14-7-8-18-19(3,4)9-6-10-20(18,5)16(14)12-17(15)21/h7-8,11-13,18,21H,6,9-10H2,1-5H3/t18-,20+/m1/s1. The lowest BCUT2D eigenvalue weighted by Crippen LogP contribution is -2.45. The highest BCUT2D eigenvalue weighted by Gasteiger charge is 2.48. The Morgan fingerprint density at radius 3 is 2.52 bits per heavy atom. The highest BCUT2D eigenvalue weighted by Crippen LogP contribution is 2.56. The van der Waals surface area contributed by atoms with Gasteiger partial charge in [-0.2, -0.15) is 0 Å². The van der Waals surface area contributed by atoms with Gasteiger partial charge in [-0.3, -0.25) is 0 Å². The number of aromatic hydroxyl groups is 1. The van der Waals surface area contributed by atoms with E-state index in [0.29, 0.717) is 23.0 Å². The summed E-state index contributed by atoms with van der Waals surface area (Å²) in [6.45, 7) is 11.5. The summed E-state index contributed by atoms with van der Waals surface area (Å²) in [5.41, 5.74) is 4.24. The molecule has 1 N–H and O–H groups in total. The van der Waals surface area contributed by atoms with Crippen LogP contribution in [0.4, 0.5) is 0 Å². The lowest BCUT2D eigenvalue weighted by atomic mass is 9.52. The third kappa shape index (κ3) is 2.13. The maximum atomic E-state index is 10.4. The van der Waals surface area contributed by atoms with Crippen molar-refractivity contribution >= 4 is 6.08 Å². The molecule has 3 rings (SSSR count). The van der Waals surface area contributed by atoms with Gasteiger partial charge in [0.25, 0.3) is 0 Å². The maximum Gasteiger partial charge on any atom is 0.119 e. The number of hydrogen-bond donors (Lipinski definition) is 1.